The molecule has 7 nitrogen and oxygen atoms in total. The van der Waals surface area contributed by atoms with Crippen LogP contribution in [0.2, 0.25) is 5.02 Å². The van der Waals surface area contributed by atoms with Crippen LogP contribution >= 0.6 is 11.6 Å². The number of methoxy groups -OCH3 is 1. The van der Waals surface area contributed by atoms with Gasteiger partial charge in [0.05, 0.1) is 13.7 Å². The summed E-state index contributed by atoms with van der Waals surface area (Å²) in [7, 11) is 1.65. The molecule has 1 fully saturated rings. The predicted octanol–water partition coefficient (Wildman–Crippen LogP) is 4.03. The molecule has 1 N–H and O–H groups in total. The third-order valence-electron chi connectivity index (χ3n) is 5.86. The summed E-state index contributed by atoms with van der Waals surface area (Å²) in [6.07, 6.45) is 4.97. The summed E-state index contributed by atoms with van der Waals surface area (Å²) in [4.78, 5) is 2.34. The van der Waals surface area contributed by atoms with Crippen LogP contribution in [-0.2, 0) is 13.1 Å². The molecule has 2 aromatic carbocycles. The van der Waals surface area contributed by atoms with Gasteiger partial charge < -0.3 is 19.3 Å². The highest BCUT2D eigenvalue weighted by molar-refractivity contribution is 6.30. The van der Waals surface area contributed by atoms with E-state index in [4.69, 9.17) is 25.8 Å². The van der Waals surface area contributed by atoms with Crippen molar-refractivity contribution in [2.75, 3.05) is 33.4 Å². The minimum absolute atomic E-state index is 0.262. The minimum atomic E-state index is -0.834. The fraction of sp³-hybridized carbons (Fsp3) is 0.400. The van der Waals surface area contributed by atoms with Gasteiger partial charge in [-0.05, 0) is 54.8 Å². The Morgan fingerprint density at radius 2 is 1.91 bits per heavy atom. The molecule has 176 valence electrons. The fourth-order valence-corrected chi connectivity index (χ4v) is 4.10. The Balaban J connectivity index is 1.28. The van der Waals surface area contributed by atoms with Gasteiger partial charge in [-0.1, -0.05) is 23.7 Å². The van der Waals surface area contributed by atoms with Gasteiger partial charge in [-0.2, -0.15) is 5.10 Å². The number of rotatable bonds is 10. The first-order chi connectivity index (χ1) is 16.0. The molecular weight excluding hydrogens is 442 g/mol. The number of benzene rings is 2. The highest BCUT2D eigenvalue weighted by atomic mass is 35.5. The van der Waals surface area contributed by atoms with Crippen molar-refractivity contribution < 1.29 is 19.3 Å². The van der Waals surface area contributed by atoms with Crippen molar-refractivity contribution in [3.8, 4) is 17.2 Å². The van der Waals surface area contributed by atoms with Gasteiger partial charge in [0.1, 0.15) is 24.6 Å². The zero-order chi connectivity index (χ0) is 23.1. The SMILES string of the molecule is COc1ccc(CN2CCC(O)(COc3cccc(Cl)c3)CC2)cc1OCCn1cccn1. The van der Waals surface area contributed by atoms with Crippen molar-refractivity contribution in [2.24, 2.45) is 0 Å². The maximum Gasteiger partial charge on any atom is 0.161 e. The van der Waals surface area contributed by atoms with Crippen molar-refractivity contribution in [3.63, 3.8) is 0 Å². The summed E-state index contributed by atoms with van der Waals surface area (Å²) in [5.41, 5.74) is 0.310. The zero-order valence-corrected chi connectivity index (χ0v) is 19.6. The first-order valence-corrected chi connectivity index (χ1v) is 11.5. The molecule has 33 heavy (non-hydrogen) atoms. The molecule has 0 aliphatic carbocycles. The minimum Gasteiger partial charge on any atom is -0.493 e. The van der Waals surface area contributed by atoms with Gasteiger partial charge in [0.15, 0.2) is 11.5 Å². The maximum absolute atomic E-state index is 10.9. The lowest BCUT2D eigenvalue weighted by molar-refractivity contribution is -0.0537. The second kappa shape index (κ2) is 10.9. The van der Waals surface area contributed by atoms with Gasteiger partial charge in [0.25, 0.3) is 0 Å². The molecule has 1 aliphatic heterocycles. The van der Waals surface area contributed by atoms with E-state index in [1.54, 1.807) is 25.4 Å². The van der Waals surface area contributed by atoms with Crippen LogP contribution in [0.3, 0.4) is 0 Å². The van der Waals surface area contributed by atoms with Gasteiger partial charge in [0, 0.05) is 37.1 Å². The number of aromatic nitrogens is 2. The number of ether oxygens (including phenoxy) is 3. The molecule has 4 rings (SSSR count). The van der Waals surface area contributed by atoms with E-state index in [0.717, 1.165) is 30.9 Å². The Labute approximate surface area is 199 Å². The van der Waals surface area contributed by atoms with E-state index in [0.29, 0.717) is 42.5 Å². The first kappa shape index (κ1) is 23.4. The number of likely N-dealkylation sites (tertiary alicyclic amines) is 1. The Bertz CT molecular complexity index is 1020. The highest BCUT2D eigenvalue weighted by Crippen LogP contribution is 2.30. The number of hydrogen-bond acceptors (Lipinski definition) is 6. The molecule has 1 aliphatic rings. The lowest BCUT2D eigenvalue weighted by atomic mass is 9.92. The number of aliphatic hydroxyl groups is 1. The molecule has 0 unspecified atom stereocenters. The Hall–Kier alpha value is -2.74. The Kier molecular flexibility index (Phi) is 7.75. The average molecular weight is 472 g/mol. The fourth-order valence-electron chi connectivity index (χ4n) is 3.92. The molecule has 0 bridgehead atoms. The molecular formula is C25H30ClN3O4. The van der Waals surface area contributed by atoms with Crippen LogP contribution in [0, 0.1) is 0 Å². The molecule has 1 saturated heterocycles. The molecule has 8 heteroatoms. The summed E-state index contributed by atoms with van der Waals surface area (Å²) < 4.78 is 19.1. The number of halogens is 1. The van der Waals surface area contributed by atoms with Crippen molar-refractivity contribution in [2.45, 2.75) is 31.5 Å². The third-order valence-corrected chi connectivity index (χ3v) is 6.10. The van der Waals surface area contributed by atoms with Gasteiger partial charge in [-0.25, -0.2) is 0 Å². The van der Waals surface area contributed by atoms with E-state index in [1.165, 1.54) is 0 Å². The van der Waals surface area contributed by atoms with E-state index in [1.807, 2.05) is 41.2 Å². The number of hydrogen-bond donors (Lipinski definition) is 1. The smallest absolute Gasteiger partial charge is 0.161 e. The Morgan fingerprint density at radius 3 is 2.64 bits per heavy atom. The average Bonchev–Trinajstić information content (AvgIpc) is 3.33. The number of piperidine rings is 1. The van der Waals surface area contributed by atoms with Crippen LogP contribution in [0.5, 0.6) is 17.2 Å². The topological polar surface area (TPSA) is 69.0 Å². The van der Waals surface area contributed by atoms with Crippen LogP contribution in [0.4, 0.5) is 0 Å². The lowest BCUT2D eigenvalue weighted by Gasteiger charge is -2.38. The summed E-state index contributed by atoms with van der Waals surface area (Å²) in [6, 6.07) is 15.2. The van der Waals surface area contributed by atoms with Crippen molar-refractivity contribution in [1.82, 2.24) is 14.7 Å². The van der Waals surface area contributed by atoms with Crippen LogP contribution < -0.4 is 14.2 Å². The molecule has 3 aromatic rings. The second-order valence-corrected chi connectivity index (χ2v) is 8.79. The van der Waals surface area contributed by atoms with Crippen molar-refractivity contribution in [3.05, 3.63) is 71.5 Å². The van der Waals surface area contributed by atoms with Crippen molar-refractivity contribution >= 4 is 11.6 Å². The van der Waals surface area contributed by atoms with E-state index in [2.05, 4.69) is 16.1 Å². The third kappa shape index (κ3) is 6.63. The molecule has 0 amide bonds. The summed E-state index contributed by atoms with van der Waals surface area (Å²) in [5, 5.41) is 15.8. The Morgan fingerprint density at radius 1 is 1.06 bits per heavy atom. The highest BCUT2D eigenvalue weighted by Gasteiger charge is 2.33. The standard InChI is InChI=1S/C25H30ClN3O4/c1-31-23-7-6-20(16-24(23)32-15-14-29-11-3-10-27-29)18-28-12-8-25(30,9-13-28)19-33-22-5-2-4-21(26)17-22/h2-7,10-11,16-17,30H,8-9,12-15,18-19H2,1H3. The van der Waals surface area contributed by atoms with E-state index < -0.39 is 5.60 Å². The molecule has 0 spiro atoms. The van der Waals surface area contributed by atoms with Crippen LogP contribution in [0.25, 0.3) is 0 Å². The quantitative estimate of drug-likeness (QED) is 0.481. The van der Waals surface area contributed by atoms with E-state index in [9.17, 15) is 5.11 Å². The van der Waals surface area contributed by atoms with Gasteiger partial charge in [-0.3, -0.25) is 9.58 Å². The molecule has 2 heterocycles. The van der Waals surface area contributed by atoms with Gasteiger partial charge in [0.2, 0.25) is 0 Å². The van der Waals surface area contributed by atoms with Crippen LogP contribution in [-0.4, -0.2) is 58.8 Å². The molecule has 0 atom stereocenters. The monoisotopic (exact) mass is 471 g/mol. The van der Waals surface area contributed by atoms with Crippen LogP contribution in [0.15, 0.2) is 60.9 Å². The van der Waals surface area contributed by atoms with Gasteiger partial charge >= 0.3 is 0 Å². The maximum atomic E-state index is 10.9. The van der Waals surface area contributed by atoms with E-state index >= 15 is 0 Å². The summed E-state index contributed by atoms with van der Waals surface area (Å²) in [5.74, 6) is 2.12. The summed E-state index contributed by atoms with van der Waals surface area (Å²) >= 11 is 6.01. The molecule has 0 saturated carbocycles. The van der Waals surface area contributed by atoms with E-state index in [-0.39, 0.29) is 6.61 Å². The normalized spacial score (nSPS) is 15.8. The predicted molar refractivity (Wildman–Crippen MR) is 127 cm³/mol. The summed E-state index contributed by atoms with van der Waals surface area (Å²) in [6.45, 7) is 3.80. The van der Waals surface area contributed by atoms with Crippen molar-refractivity contribution in [1.29, 1.82) is 0 Å². The second-order valence-electron chi connectivity index (χ2n) is 8.35. The lowest BCUT2D eigenvalue weighted by Crippen LogP contribution is -2.47. The van der Waals surface area contributed by atoms with Gasteiger partial charge in [-0.15, -0.1) is 0 Å². The van der Waals surface area contributed by atoms with Crippen LogP contribution in [0.1, 0.15) is 18.4 Å². The molecule has 1 aromatic heterocycles. The largest absolute Gasteiger partial charge is 0.493 e. The zero-order valence-electron chi connectivity index (χ0n) is 18.8. The molecule has 0 radical (unpaired) electrons. The first-order valence-electron chi connectivity index (χ1n) is 11.1. The number of nitrogens with zero attached hydrogens (tertiary/aromatic N) is 3.